The number of carbonyl (C=O) groups is 2. The molecule has 0 radical (unpaired) electrons. The summed E-state index contributed by atoms with van der Waals surface area (Å²) in [5, 5.41) is 0. The van der Waals surface area contributed by atoms with Crippen LogP contribution in [0.2, 0.25) is 0 Å². The second-order valence-corrected chi connectivity index (χ2v) is 8.76. The molecular weight excluding hydrogens is 426 g/mol. The van der Waals surface area contributed by atoms with Crippen LogP contribution in [-0.4, -0.2) is 40.0 Å². The molecule has 1 aromatic heterocycles. The van der Waals surface area contributed by atoms with Crippen LogP contribution >= 0.6 is 0 Å². The Hall–Kier alpha value is -3.05. The zero-order valence-electron chi connectivity index (χ0n) is 17.3. The quantitative estimate of drug-likeness (QED) is 0.429. The van der Waals surface area contributed by atoms with E-state index in [1.165, 1.54) is 12.1 Å². The molecule has 3 rings (SSSR count). The SMILES string of the molecule is Cc1cc(C(=O)NNC(=O)CCCNS(=O)(=O)c2ccc3c(c2)OCCCO3)c(C)o1. The first-order valence-electron chi connectivity index (χ1n) is 9.82. The van der Waals surface area contributed by atoms with Crippen molar-refractivity contribution in [3.05, 3.63) is 41.3 Å². The van der Waals surface area contributed by atoms with Gasteiger partial charge in [-0.2, -0.15) is 0 Å². The molecule has 0 saturated heterocycles. The van der Waals surface area contributed by atoms with Crippen LogP contribution in [0.3, 0.4) is 0 Å². The van der Waals surface area contributed by atoms with E-state index in [4.69, 9.17) is 13.9 Å². The minimum atomic E-state index is -3.77. The predicted molar refractivity (Wildman–Crippen MR) is 110 cm³/mol. The van der Waals surface area contributed by atoms with Gasteiger partial charge < -0.3 is 13.9 Å². The van der Waals surface area contributed by atoms with Crippen LogP contribution in [0.1, 0.15) is 41.1 Å². The molecule has 3 N–H and O–H groups in total. The number of aryl methyl sites for hydroxylation is 2. The molecule has 0 aliphatic carbocycles. The Morgan fingerprint density at radius 3 is 2.48 bits per heavy atom. The molecule has 0 bridgehead atoms. The van der Waals surface area contributed by atoms with Gasteiger partial charge in [-0.05, 0) is 38.5 Å². The molecule has 0 unspecified atom stereocenters. The lowest BCUT2D eigenvalue weighted by atomic mass is 10.2. The third-order valence-electron chi connectivity index (χ3n) is 4.50. The molecule has 31 heavy (non-hydrogen) atoms. The Bertz CT molecular complexity index is 1060. The number of amides is 2. The number of fused-ring (bicyclic) bond motifs is 1. The van der Waals surface area contributed by atoms with Crippen LogP contribution in [0, 0.1) is 13.8 Å². The lowest BCUT2D eigenvalue weighted by Gasteiger charge is -2.11. The summed E-state index contributed by atoms with van der Waals surface area (Å²) in [6.07, 6.45) is 0.988. The van der Waals surface area contributed by atoms with Gasteiger partial charge in [0.1, 0.15) is 11.5 Å². The van der Waals surface area contributed by atoms with Gasteiger partial charge in [-0.3, -0.25) is 20.4 Å². The topological polar surface area (TPSA) is 136 Å². The monoisotopic (exact) mass is 451 g/mol. The predicted octanol–water partition coefficient (Wildman–Crippen LogP) is 1.58. The van der Waals surface area contributed by atoms with Crippen molar-refractivity contribution in [3.63, 3.8) is 0 Å². The summed E-state index contributed by atoms with van der Waals surface area (Å²) in [4.78, 5) is 24.0. The van der Waals surface area contributed by atoms with Crippen molar-refractivity contribution in [1.29, 1.82) is 0 Å². The van der Waals surface area contributed by atoms with E-state index in [2.05, 4.69) is 15.6 Å². The molecule has 2 aromatic rings. The van der Waals surface area contributed by atoms with E-state index in [1.54, 1.807) is 26.0 Å². The molecule has 1 aliphatic heterocycles. The van der Waals surface area contributed by atoms with E-state index in [9.17, 15) is 18.0 Å². The number of furan rings is 1. The normalized spacial score (nSPS) is 13.4. The molecule has 0 fully saturated rings. The molecule has 0 spiro atoms. The lowest BCUT2D eigenvalue weighted by Crippen LogP contribution is -2.41. The third-order valence-corrected chi connectivity index (χ3v) is 5.96. The van der Waals surface area contributed by atoms with Gasteiger partial charge in [-0.25, -0.2) is 13.1 Å². The fourth-order valence-electron chi connectivity index (χ4n) is 2.96. The minimum Gasteiger partial charge on any atom is -0.490 e. The van der Waals surface area contributed by atoms with Crippen LogP contribution in [-0.2, 0) is 14.8 Å². The molecular formula is C20H25N3O7S. The van der Waals surface area contributed by atoms with Gasteiger partial charge in [0, 0.05) is 25.5 Å². The Kier molecular flexibility index (Phi) is 7.18. The van der Waals surface area contributed by atoms with E-state index in [-0.39, 0.29) is 24.3 Å². The van der Waals surface area contributed by atoms with E-state index in [1.807, 2.05) is 0 Å². The lowest BCUT2D eigenvalue weighted by molar-refractivity contribution is -0.121. The molecule has 0 saturated carbocycles. The molecule has 2 heterocycles. The Morgan fingerprint density at radius 1 is 1.03 bits per heavy atom. The van der Waals surface area contributed by atoms with Crippen molar-refractivity contribution in [2.24, 2.45) is 0 Å². The zero-order valence-corrected chi connectivity index (χ0v) is 18.1. The van der Waals surface area contributed by atoms with E-state index in [0.717, 1.165) is 6.42 Å². The number of rotatable bonds is 7. The van der Waals surface area contributed by atoms with Crippen LogP contribution in [0.25, 0.3) is 0 Å². The first-order chi connectivity index (χ1) is 14.8. The molecule has 1 aromatic carbocycles. The van der Waals surface area contributed by atoms with Gasteiger partial charge in [-0.1, -0.05) is 0 Å². The second kappa shape index (κ2) is 9.84. The molecule has 1 aliphatic rings. The van der Waals surface area contributed by atoms with Gasteiger partial charge in [0.05, 0.1) is 23.7 Å². The largest absolute Gasteiger partial charge is 0.490 e. The van der Waals surface area contributed by atoms with Crippen LogP contribution in [0.5, 0.6) is 11.5 Å². The Morgan fingerprint density at radius 2 is 1.77 bits per heavy atom. The van der Waals surface area contributed by atoms with Gasteiger partial charge >= 0.3 is 0 Å². The smallest absolute Gasteiger partial charge is 0.273 e. The number of benzene rings is 1. The van der Waals surface area contributed by atoms with Crippen LogP contribution < -0.4 is 25.0 Å². The number of carbonyl (C=O) groups excluding carboxylic acids is 2. The van der Waals surface area contributed by atoms with Crippen molar-refractivity contribution in [1.82, 2.24) is 15.6 Å². The molecule has 168 valence electrons. The Labute approximate surface area is 180 Å². The first-order valence-corrected chi connectivity index (χ1v) is 11.3. The molecule has 11 heteroatoms. The average Bonchev–Trinajstić information content (AvgIpc) is 2.92. The maximum atomic E-state index is 12.5. The maximum absolute atomic E-state index is 12.5. The molecule has 10 nitrogen and oxygen atoms in total. The van der Waals surface area contributed by atoms with Crippen molar-refractivity contribution < 1.29 is 31.9 Å². The van der Waals surface area contributed by atoms with E-state index >= 15 is 0 Å². The highest BCUT2D eigenvalue weighted by atomic mass is 32.2. The summed E-state index contributed by atoms with van der Waals surface area (Å²) in [6.45, 7) is 4.39. The summed E-state index contributed by atoms with van der Waals surface area (Å²) in [5.74, 6) is 1.01. The zero-order chi connectivity index (χ0) is 22.4. The third kappa shape index (κ3) is 5.98. The first kappa shape index (κ1) is 22.6. The van der Waals surface area contributed by atoms with Crippen molar-refractivity contribution in [2.75, 3.05) is 19.8 Å². The van der Waals surface area contributed by atoms with Crippen LogP contribution in [0.4, 0.5) is 0 Å². The van der Waals surface area contributed by atoms with Crippen molar-refractivity contribution in [3.8, 4) is 11.5 Å². The highest BCUT2D eigenvalue weighted by molar-refractivity contribution is 7.89. The summed E-state index contributed by atoms with van der Waals surface area (Å²) in [7, 11) is -3.77. The number of hydrogen-bond donors (Lipinski definition) is 3. The molecule has 0 atom stereocenters. The number of nitrogens with one attached hydrogen (secondary N) is 3. The summed E-state index contributed by atoms with van der Waals surface area (Å²) < 4.78 is 43.7. The minimum absolute atomic E-state index is 0.0212. The van der Waals surface area contributed by atoms with Gasteiger partial charge in [0.25, 0.3) is 5.91 Å². The van der Waals surface area contributed by atoms with Crippen molar-refractivity contribution >= 4 is 21.8 Å². The second-order valence-electron chi connectivity index (χ2n) is 6.99. The number of ether oxygens (including phenoxy) is 2. The number of hydrazine groups is 1. The Balaban J connectivity index is 1.43. The maximum Gasteiger partial charge on any atom is 0.273 e. The number of hydrogen-bond acceptors (Lipinski definition) is 7. The fourth-order valence-corrected chi connectivity index (χ4v) is 4.05. The van der Waals surface area contributed by atoms with E-state index in [0.29, 0.717) is 41.8 Å². The molecule has 2 amide bonds. The van der Waals surface area contributed by atoms with Crippen molar-refractivity contribution in [2.45, 2.75) is 38.0 Å². The summed E-state index contributed by atoms with van der Waals surface area (Å²) in [5.41, 5.74) is 4.94. The number of sulfonamides is 1. The summed E-state index contributed by atoms with van der Waals surface area (Å²) >= 11 is 0. The fraction of sp³-hybridized carbons (Fsp3) is 0.400. The summed E-state index contributed by atoms with van der Waals surface area (Å²) in [6, 6.07) is 6.00. The van der Waals surface area contributed by atoms with E-state index < -0.39 is 21.8 Å². The standard InChI is InChI=1S/C20H25N3O7S/c1-13-11-16(14(2)30-13)20(25)23-22-19(24)5-3-8-21-31(26,27)15-6-7-17-18(12-15)29-10-4-9-28-17/h6-7,11-12,21H,3-5,8-10H2,1-2H3,(H,22,24)(H,23,25). The van der Waals surface area contributed by atoms with Crippen LogP contribution in [0.15, 0.2) is 33.6 Å². The highest BCUT2D eigenvalue weighted by Gasteiger charge is 2.19. The average molecular weight is 452 g/mol. The highest BCUT2D eigenvalue weighted by Crippen LogP contribution is 2.31. The van der Waals surface area contributed by atoms with Gasteiger partial charge in [0.2, 0.25) is 15.9 Å². The van der Waals surface area contributed by atoms with Gasteiger partial charge in [0.15, 0.2) is 11.5 Å². The van der Waals surface area contributed by atoms with Gasteiger partial charge in [-0.15, -0.1) is 0 Å².